The number of nitrogens with one attached hydrogen (secondary N) is 2. The summed E-state index contributed by atoms with van der Waals surface area (Å²) in [5.74, 6) is 0. The maximum absolute atomic E-state index is 5.04. The second-order valence-corrected chi connectivity index (χ2v) is 9.75. The van der Waals surface area contributed by atoms with Gasteiger partial charge in [-0.15, -0.1) is 0 Å². The van der Waals surface area contributed by atoms with Crippen molar-refractivity contribution in [2.24, 2.45) is 0 Å². The van der Waals surface area contributed by atoms with Crippen molar-refractivity contribution in [3.63, 3.8) is 0 Å². The van der Waals surface area contributed by atoms with Crippen molar-refractivity contribution in [3.8, 4) is 33.9 Å². The van der Waals surface area contributed by atoms with Gasteiger partial charge in [0, 0.05) is 47.2 Å². The van der Waals surface area contributed by atoms with Crippen molar-refractivity contribution >= 4 is 21.9 Å². The molecule has 1 saturated heterocycles. The molecule has 0 atom stereocenters. The maximum atomic E-state index is 5.04. The van der Waals surface area contributed by atoms with Gasteiger partial charge in [-0.3, -0.25) is 20.0 Å². The minimum absolute atomic E-state index is 0.803. The predicted octanol–water partition coefficient (Wildman–Crippen LogP) is 6.22. The Hall–Kier alpha value is -4.36. The standard InChI is InChI=1S/C30H27N7/c1-4-13-37(14-5-1)19-20-15-21(18-31-17-20)24-10-11-27-29(34-24)30(36-35-27)28-16-23-22(7-6-9-26(23)33-28)25-8-2-3-12-32-25/h2-3,6-12,15-18,33H,1,4-5,13-14,19H2,(H,35,36). The van der Waals surface area contributed by atoms with Crippen LogP contribution in [0.25, 0.3) is 55.8 Å². The summed E-state index contributed by atoms with van der Waals surface area (Å²) in [6, 6.07) is 20.7. The van der Waals surface area contributed by atoms with Gasteiger partial charge in [0.05, 0.1) is 22.6 Å². The van der Waals surface area contributed by atoms with Crippen LogP contribution in [-0.4, -0.2) is 48.1 Å². The van der Waals surface area contributed by atoms with Crippen LogP contribution in [0.5, 0.6) is 0 Å². The van der Waals surface area contributed by atoms with Crippen LogP contribution >= 0.6 is 0 Å². The van der Waals surface area contributed by atoms with Crippen molar-refractivity contribution in [2.45, 2.75) is 25.8 Å². The van der Waals surface area contributed by atoms with Gasteiger partial charge in [0.1, 0.15) is 11.2 Å². The lowest BCUT2D eigenvalue weighted by atomic mass is 10.1. The van der Waals surface area contributed by atoms with Crippen molar-refractivity contribution < 1.29 is 0 Å². The normalized spacial score (nSPS) is 14.5. The molecule has 1 fully saturated rings. The average molecular weight is 486 g/mol. The monoisotopic (exact) mass is 485 g/mol. The van der Waals surface area contributed by atoms with E-state index in [0.717, 1.165) is 62.4 Å². The Kier molecular flexibility index (Phi) is 5.48. The molecule has 0 saturated carbocycles. The molecule has 1 aliphatic rings. The van der Waals surface area contributed by atoms with Gasteiger partial charge in [-0.25, -0.2) is 4.98 Å². The highest BCUT2D eigenvalue weighted by Gasteiger charge is 2.16. The molecule has 37 heavy (non-hydrogen) atoms. The number of nitrogens with zero attached hydrogens (tertiary/aromatic N) is 5. The molecule has 6 aromatic rings. The maximum Gasteiger partial charge on any atom is 0.135 e. The van der Waals surface area contributed by atoms with Crippen LogP contribution in [0.1, 0.15) is 24.8 Å². The Morgan fingerprint density at radius 1 is 0.838 bits per heavy atom. The number of pyridine rings is 3. The number of hydrogen-bond donors (Lipinski definition) is 2. The van der Waals surface area contributed by atoms with Crippen LogP contribution in [0, 0.1) is 0 Å². The molecule has 1 aliphatic heterocycles. The number of fused-ring (bicyclic) bond motifs is 2. The Bertz CT molecular complexity index is 1690. The Labute approximate surface area is 214 Å². The van der Waals surface area contributed by atoms with Crippen LogP contribution in [0.15, 0.2) is 79.3 Å². The molecule has 0 bridgehead atoms. The average Bonchev–Trinajstić information content (AvgIpc) is 3.58. The van der Waals surface area contributed by atoms with E-state index in [0.29, 0.717) is 0 Å². The van der Waals surface area contributed by atoms with Gasteiger partial charge in [-0.1, -0.05) is 24.6 Å². The van der Waals surface area contributed by atoms with Crippen molar-refractivity contribution in [1.82, 2.24) is 35.0 Å². The molecule has 0 radical (unpaired) electrons. The second-order valence-electron chi connectivity index (χ2n) is 9.75. The Morgan fingerprint density at radius 3 is 2.68 bits per heavy atom. The van der Waals surface area contributed by atoms with E-state index < -0.39 is 0 Å². The third kappa shape index (κ3) is 4.17. The van der Waals surface area contributed by atoms with Gasteiger partial charge in [0.25, 0.3) is 0 Å². The molecule has 7 rings (SSSR count). The highest BCUT2D eigenvalue weighted by molar-refractivity contribution is 6.00. The van der Waals surface area contributed by atoms with Gasteiger partial charge in [0.15, 0.2) is 0 Å². The molecule has 0 amide bonds. The highest BCUT2D eigenvalue weighted by Crippen LogP contribution is 2.33. The first-order valence-corrected chi connectivity index (χ1v) is 12.9. The topological polar surface area (TPSA) is 86.4 Å². The molecule has 182 valence electrons. The summed E-state index contributed by atoms with van der Waals surface area (Å²) in [7, 11) is 0. The van der Waals surface area contributed by atoms with E-state index in [1.54, 1.807) is 0 Å². The SMILES string of the molecule is c1ccc(-c2cccc3[nH]c(-c4n[nH]c5ccc(-c6cncc(CN7CCCCC7)c6)nc45)cc23)nc1. The van der Waals surface area contributed by atoms with Crippen molar-refractivity contribution in [2.75, 3.05) is 13.1 Å². The smallest absolute Gasteiger partial charge is 0.135 e. The van der Waals surface area contributed by atoms with Crippen LogP contribution in [-0.2, 0) is 6.54 Å². The highest BCUT2D eigenvalue weighted by atomic mass is 15.1. The molecule has 5 aromatic heterocycles. The lowest BCUT2D eigenvalue weighted by Crippen LogP contribution is -2.29. The molecule has 6 heterocycles. The quantitative estimate of drug-likeness (QED) is 0.303. The van der Waals surface area contributed by atoms with E-state index in [1.165, 1.54) is 37.9 Å². The zero-order chi connectivity index (χ0) is 24.6. The third-order valence-electron chi connectivity index (χ3n) is 7.21. The summed E-state index contributed by atoms with van der Waals surface area (Å²) in [6.45, 7) is 3.27. The molecular weight excluding hydrogens is 458 g/mol. The minimum Gasteiger partial charge on any atom is -0.353 e. The van der Waals surface area contributed by atoms with Gasteiger partial charge < -0.3 is 4.98 Å². The van der Waals surface area contributed by atoms with Crippen LogP contribution < -0.4 is 0 Å². The fourth-order valence-electron chi connectivity index (χ4n) is 5.37. The van der Waals surface area contributed by atoms with Gasteiger partial charge in [0.2, 0.25) is 0 Å². The number of piperidine rings is 1. The number of likely N-dealkylation sites (tertiary alicyclic amines) is 1. The van der Waals surface area contributed by atoms with Gasteiger partial charge >= 0.3 is 0 Å². The van der Waals surface area contributed by atoms with Crippen molar-refractivity contribution in [3.05, 3.63) is 84.8 Å². The third-order valence-corrected chi connectivity index (χ3v) is 7.21. The molecule has 0 aliphatic carbocycles. The van der Waals surface area contributed by atoms with E-state index in [-0.39, 0.29) is 0 Å². The Morgan fingerprint density at radius 2 is 1.78 bits per heavy atom. The number of H-pyrrole nitrogens is 2. The summed E-state index contributed by atoms with van der Waals surface area (Å²) in [5.41, 5.74) is 9.69. The van der Waals surface area contributed by atoms with E-state index in [9.17, 15) is 0 Å². The summed E-state index contributed by atoms with van der Waals surface area (Å²) < 4.78 is 0. The minimum atomic E-state index is 0.803. The van der Waals surface area contributed by atoms with Crippen LogP contribution in [0.4, 0.5) is 0 Å². The largest absolute Gasteiger partial charge is 0.353 e. The molecule has 1 aromatic carbocycles. The number of aromatic amines is 2. The number of aromatic nitrogens is 6. The zero-order valence-corrected chi connectivity index (χ0v) is 20.5. The van der Waals surface area contributed by atoms with Gasteiger partial charge in [-0.05, 0) is 74.0 Å². The first-order chi connectivity index (χ1) is 18.3. The van der Waals surface area contributed by atoms with Gasteiger partial charge in [-0.2, -0.15) is 5.10 Å². The summed E-state index contributed by atoms with van der Waals surface area (Å²) in [4.78, 5) is 20.2. The molecule has 7 nitrogen and oxygen atoms in total. The first-order valence-electron chi connectivity index (χ1n) is 12.9. The first kappa shape index (κ1) is 21.9. The fraction of sp³-hybridized carbons (Fsp3) is 0.200. The Balaban J connectivity index is 1.26. The number of benzene rings is 1. The fourth-order valence-corrected chi connectivity index (χ4v) is 5.37. The molecule has 0 spiro atoms. The molecular formula is C30H27N7. The summed E-state index contributed by atoms with van der Waals surface area (Å²) in [5, 5.41) is 8.90. The van der Waals surface area contributed by atoms with E-state index in [2.05, 4.69) is 60.4 Å². The lowest BCUT2D eigenvalue weighted by molar-refractivity contribution is 0.220. The predicted molar refractivity (Wildman–Crippen MR) is 147 cm³/mol. The number of rotatable bonds is 5. The van der Waals surface area contributed by atoms with E-state index in [4.69, 9.17) is 4.98 Å². The van der Waals surface area contributed by atoms with E-state index in [1.807, 2.05) is 48.9 Å². The number of hydrogen-bond acceptors (Lipinski definition) is 5. The second kappa shape index (κ2) is 9.26. The van der Waals surface area contributed by atoms with E-state index >= 15 is 0 Å². The lowest BCUT2D eigenvalue weighted by Gasteiger charge is -2.26. The molecule has 2 N–H and O–H groups in total. The zero-order valence-electron chi connectivity index (χ0n) is 20.5. The van der Waals surface area contributed by atoms with Crippen LogP contribution in [0.2, 0.25) is 0 Å². The summed E-state index contributed by atoms with van der Waals surface area (Å²) >= 11 is 0. The van der Waals surface area contributed by atoms with Crippen LogP contribution in [0.3, 0.4) is 0 Å². The molecule has 7 heteroatoms. The summed E-state index contributed by atoms with van der Waals surface area (Å²) in [6.07, 6.45) is 9.61. The van der Waals surface area contributed by atoms with Crippen molar-refractivity contribution in [1.29, 1.82) is 0 Å². The molecule has 0 unspecified atom stereocenters.